The highest BCUT2D eigenvalue weighted by Gasteiger charge is 2.65. The third kappa shape index (κ3) is 3.56. The zero-order valence-electron chi connectivity index (χ0n) is 15.6. The van der Waals surface area contributed by atoms with E-state index in [9.17, 15) is 14.7 Å². The summed E-state index contributed by atoms with van der Waals surface area (Å²) in [7, 11) is 0. The van der Waals surface area contributed by atoms with E-state index in [1.807, 2.05) is 51.1 Å². The first-order chi connectivity index (χ1) is 12.2. The number of ether oxygens (including phenoxy) is 2. The van der Waals surface area contributed by atoms with E-state index in [0.717, 1.165) is 5.56 Å². The van der Waals surface area contributed by atoms with E-state index < -0.39 is 17.1 Å². The first-order valence-electron chi connectivity index (χ1n) is 9.05. The first kappa shape index (κ1) is 18.7. The molecule has 0 aromatic heterocycles. The maximum atomic E-state index is 12.8. The molecule has 3 rings (SSSR count). The van der Waals surface area contributed by atoms with Crippen LogP contribution in [0.4, 0.5) is 4.79 Å². The number of esters is 1. The number of carbonyl (C=O) groups is 2. The van der Waals surface area contributed by atoms with Crippen LogP contribution < -0.4 is 0 Å². The summed E-state index contributed by atoms with van der Waals surface area (Å²) in [5, 5.41) is 9.55. The number of benzene rings is 1. The molecule has 0 bridgehead atoms. The fourth-order valence-corrected chi connectivity index (χ4v) is 4.02. The fraction of sp³-hybridized carbons (Fsp3) is 0.600. The molecule has 3 atom stereocenters. The first-order valence-corrected chi connectivity index (χ1v) is 9.05. The molecule has 1 saturated carbocycles. The molecule has 2 aliphatic rings. The monoisotopic (exact) mass is 361 g/mol. The van der Waals surface area contributed by atoms with Crippen molar-refractivity contribution >= 4 is 12.1 Å². The number of hydrogen-bond acceptors (Lipinski definition) is 5. The topological polar surface area (TPSA) is 76.1 Å². The Bertz CT molecular complexity index is 669. The van der Waals surface area contributed by atoms with Gasteiger partial charge in [0.05, 0.1) is 5.41 Å². The summed E-state index contributed by atoms with van der Waals surface area (Å²) >= 11 is 0. The van der Waals surface area contributed by atoms with Gasteiger partial charge >= 0.3 is 12.1 Å². The van der Waals surface area contributed by atoms with Gasteiger partial charge in [0.15, 0.2) is 0 Å². The molecule has 6 nitrogen and oxygen atoms in total. The van der Waals surface area contributed by atoms with E-state index in [2.05, 4.69) is 0 Å². The molecule has 2 fully saturated rings. The number of aliphatic hydroxyl groups is 1. The molecule has 6 heteroatoms. The van der Waals surface area contributed by atoms with Gasteiger partial charge in [-0.05, 0) is 44.6 Å². The van der Waals surface area contributed by atoms with E-state index in [0.29, 0.717) is 13.0 Å². The Morgan fingerprint density at radius 1 is 1.27 bits per heavy atom. The van der Waals surface area contributed by atoms with Crippen molar-refractivity contribution < 1.29 is 24.2 Å². The quantitative estimate of drug-likeness (QED) is 0.834. The lowest BCUT2D eigenvalue weighted by atomic mass is 9.55. The van der Waals surface area contributed by atoms with Crippen LogP contribution in [0.3, 0.4) is 0 Å². The van der Waals surface area contributed by atoms with Crippen LogP contribution in [0.15, 0.2) is 30.3 Å². The molecule has 1 saturated heterocycles. The lowest BCUT2D eigenvalue weighted by Gasteiger charge is -2.48. The van der Waals surface area contributed by atoms with Crippen molar-refractivity contribution in [2.24, 2.45) is 17.3 Å². The second-order valence-electron chi connectivity index (χ2n) is 8.33. The molecule has 1 aliphatic heterocycles. The molecule has 0 radical (unpaired) electrons. The number of aliphatic hydroxyl groups excluding tert-OH is 1. The number of hydrogen-bond donors (Lipinski definition) is 1. The summed E-state index contributed by atoms with van der Waals surface area (Å²) in [5.41, 5.74) is -0.382. The maximum Gasteiger partial charge on any atom is 0.410 e. The standard InChI is InChI=1S/C20H27NO5/c1-19(2,3)26-17(23)20-9-15(11-22)16(20)10-21(13-20)18(24)25-12-14-7-5-4-6-8-14/h4-8,15-16,22H,9-13H2,1-3H3/t15?,16-,20+/m0/s1. The molecular formula is C20H27NO5. The summed E-state index contributed by atoms with van der Waals surface area (Å²) < 4.78 is 11.0. The van der Waals surface area contributed by atoms with Crippen molar-refractivity contribution in [3.05, 3.63) is 35.9 Å². The van der Waals surface area contributed by atoms with Gasteiger partial charge < -0.3 is 19.5 Å². The maximum absolute atomic E-state index is 12.8. The highest BCUT2D eigenvalue weighted by atomic mass is 16.6. The Morgan fingerprint density at radius 3 is 2.58 bits per heavy atom. The van der Waals surface area contributed by atoms with Gasteiger partial charge in [0.1, 0.15) is 12.2 Å². The minimum absolute atomic E-state index is 0.0160. The van der Waals surface area contributed by atoms with Gasteiger partial charge in [-0.2, -0.15) is 0 Å². The zero-order valence-corrected chi connectivity index (χ0v) is 15.6. The van der Waals surface area contributed by atoms with Crippen molar-refractivity contribution in [1.82, 2.24) is 4.90 Å². The highest BCUT2D eigenvalue weighted by molar-refractivity contribution is 5.82. The second-order valence-corrected chi connectivity index (χ2v) is 8.33. The average Bonchev–Trinajstić information content (AvgIpc) is 2.87. The van der Waals surface area contributed by atoms with Crippen molar-refractivity contribution in [1.29, 1.82) is 0 Å². The van der Waals surface area contributed by atoms with Crippen LogP contribution in [0.1, 0.15) is 32.8 Å². The minimum Gasteiger partial charge on any atom is -0.459 e. The minimum atomic E-state index is -0.716. The Hall–Kier alpha value is -2.08. The number of likely N-dealkylation sites (tertiary alicyclic amines) is 1. The summed E-state index contributed by atoms with van der Waals surface area (Å²) in [6.07, 6.45) is 0.119. The molecular weight excluding hydrogens is 334 g/mol. The Labute approximate surface area is 154 Å². The molecule has 142 valence electrons. The zero-order chi connectivity index (χ0) is 18.9. The largest absolute Gasteiger partial charge is 0.459 e. The van der Waals surface area contributed by atoms with Crippen LogP contribution in [0.2, 0.25) is 0 Å². The lowest BCUT2D eigenvalue weighted by Crippen LogP contribution is -2.55. The van der Waals surface area contributed by atoms with Crippen LogP contribution in [0, 0.1) is 17.3 Å². The van der Waals surface area contributed by atoms with Crippen molar-refractivity contribution in [3.63, 3.8) is 0 Å². The van der Waals surface area contributed by atoms with E-state index in [1.165, 1.54) is 0 Å². The number of carbonyl (C=O) groups excluding carboxylic acids is 2. The van der Waals surface area contributed by atoms with E-state index in [1.54, 1.807) is 4.90 Å². The second kappa shape index (κ2) is 6.91. The summed E-state index contributed by atoms with van der Waals surface area (Å²) in [4.78, 5) is 26.8. The number of fused-ring (bicyclic) bond motifs is 1. The van der Waals surface area contributed by atoms with Gasteiger partial charge in [-0.15, -0.1) is 0 Å². The molecule has 1 unspecified atom stereocenters. The third-order valence-electron chi connectivity index (χ3n) is 5.30. The summed E-state index contributed by atoms with van der Waals surface area (Å²) in [6.45, 7) is 6.42. The van der Waals surface area contributed by atoms with Crippen LogP contribution in [-0.4, -0.2) is 47.4 Å². The van der Waals surface area contributed by atoms with Gasteiger partial charge in [0, 0.05) is 19.7 Å². The van der Waals surface area contributed by atoms with Crippen molar-refractivity contribution in [2.45, 2.75) is 39.4 Å². The Morgan fingerprint density at radius 2 is 1.96 bits per heavy atom. The predicted molar refractivity (Wildman–Crippen MR) is 95.2 cm³/mol. The smallest absolute Gasteiger partial charge is 0.410 e. The number of rotatable bonds is 4. The van der Waals surface area contributed by atoms with Crippen molar-refractivity contribution in [2.75, 3.05) is 19.7 Å². The van der Waals surface area contributed by atoms with Gasteiger partial charge in [0.2, 0.25) is 0 Å². The van der Waals surface area contributed by atoms with E-state index >= 15 is 0 Å². The summed E-state index contributed by atoms with van der Waals surface area (Å²) in [6, 6.07) is 9.48. The lowest BCUT2D eigenvalue weighted by molar-refractivity contribution is -0.182. The van der Waals surface area contributed by atoms with E-state index in [4.69, 9.17) is 9.47 Å². The molecule has 1 heterocycles. The van der Waals surface area contributed by atoms with Crippen LogP contribution >= 0.6 is 0 Å². The SMILES string of the molecule is CC(C)(C)OC(=O)[C@@]12CC(CO)[C@@H]1CN(C(=O)OCc1ccccc1)C2. The number of amides is 1. The summed E-state index contributed by atoms with van der Waals surface area (Å²) in [5.74, 6) is -0.334. The van der Waals surface area contributed by atoms with Gasteiger partial charge in [-0.1, -0.05) is 30.3 Å². The van der Waals surface area contributed by atoms with Gasteiger partial charge in [0.25, 0.3) is 0 Å². The van der Waals surface area contributed by atoms with Gasteiger partial charge in [-0.25, -0.2) is 4.79 Å². The molecule has 1 aliphatic carbocycles. The molecule has 1 N–H and O–H groups in total. The molecule has 26 heavy (non-hydrogen) atoms. The fourth-order valence-electron chi connectivity index (χ4n) is 4.02. The number of nitrogens with zero attached hydrogens (tertiary/aromatic N) is 1. The van der Waals surface area contributed by atoms with Gasteiger partial charge in [-0.3, -0.25) is 4.79 Å². The van der Waals surface area contributed by atoms with E-state index in [-0.39, 0.29) is 37.6 Å². The molecule has 1 aromatic rings. The normalized spacial score (nSPS) is 27.5. The van der Waals surface area contributed by atoms with Crippen molar-refractivity contribution in [3.8, 4) is 0 Å². The Kier molecular flexibility index (Phi) is 4.97. The third-order valence-corrected chi connectivity index (χ3v) is 5.30. The molecule has 0 spiro atoms. The average molecular weight is 361 g/mol. The van der Waals surface area contributed by atoms with Crippen LogP contribution in [-0.2, 0) is 20.9 Å². The predicted octanol–water partition coefficient (Wildman–Crippen LogP) is 2.60. The molecule has 1 amide bonds. The Balaban J connectivity index is 1.66. The van der Waals surface area contributed by atoms with Crippen LogP contribution in [0.5, 0.6) is 0 Å². The molecule has 1 aromatic carbocycles. The highest BCUT2D eigenvalue weighted by Crippen LogP contribution is 2.56. The van der Waals surface area contributed by atoms with Crippen LogP contribution in [0.25, 0.3) is 0 Å².